The van der Waals surface area contributed by atoms with Crippen LogP contribution in [-0.2, 0) is 19.5 Å². The molecular weight excluding hydrogens is 234 g/mol. The van der Waals surface area contributed by atoms with E-state index in [4.69, 9.17) is 4.42 Å². The van der Waals surface area contributed by atoms with Crippen LogP contribution in [0.5, 0.6) is 0 Å². The average Bonchev–Trinajstić information content (AvgIpc) is 2.90. The molecule has 2 aromatic rings. The van der Waals surface area contributed by atoms with Crippen molar-refractivity contribution in [2.75, 3.05) is 6.54 Å². The molecule has 0 fully saturated rings. The van der Waals surface area contributed by atoms with Crippen molar-refractivity contribution >= 4 is 0 Å². The third-order valence-corrected chi connectivity index (χ3v) is 3.96. The number of hydrogen-bond acceptors (Lipinski definition) is 2. The first kappa shape index (κ1) is 12.5. The van der Waals surface area contributed by atoms with Crippen molar-refractivity contribution in [1.82, 2.24) is 4.90 Å². The lowest BCUT2D eigenvalue weighted by molar-refractivity contribution is 0.225. The van der Waals surface area contributed by atoms with E-state index >= 15 is 0 Å². The molecule has 2 heterocycles. The van der Waals surface area contributed by atoms with E-state index in [9.17, 15) is 0 Å². The molecule has 0 unspecified atom stereocenters. The van der Waals surface area contributed by atoms with Gasteiger partial charge < -0.3 is 4.42 Å². The molecule has 0 bridgehead atoms. The fraction of sp³-hybridized carbons (Fsp3) is 0.412. The molecule has 2 nitrogen and oxygen atoms in total. The smallest absolute Gasteiger partial charge is 0.117 e. The van der Waals surface area contributed by atoms with Gasteiger partial charge >= 0.3 is 0 Å². The quantitative estimate of drug-likeness (QED) is 0.825. The summed E-state index contributed by atoms with van der Waals surface area (Å²) in [6.45, 7) is 7.64. The second-order valence-corrected chi connectivity index (χ2v) is 5.68. The molecule has 0 N–H and O–H groups in total. The van der Waals surface area contributed by atoms with E-state index in [1.165, 1.54) is 11.1 Å². The molecule has 3 rings (SSSR count). The first-order valence-electron chi connectivity index (χ1n) is 7.09. The molecular formula is C17H21NO. The molecule has 19 heavy (non-hydrogen) atoms. The van der Waals surface area contributed by atoms with E-state index in [1.54, 1.807) is 11.8 Å². The summed E-state index contributed by atoms with van der Waals surface area (Å²) in [5, 5.41) is 0. The van der Waals surface area contributed by atoms with E-state index < -0.39 is 0 Å². The molecule has 1 aliphatic rings. The molecule has 0 saturated carbocycles. The van der Waals surface area contributed by atoms with Gasteiger partial charge in [-0.3, -0.25) is 4.90 Å². The fourth-order valence-corrected chi connectivity index (χ4v) is 3.00. The first-order chi connectivity index (χ1) is 9.24. The largest absolute Gasteiger partial charge is 0.468 e. The van der Waals surface area contributed by atoms with Crippen LogP contribution in [-0.4, -0.2) is 11.4 Å². The SMILES string of the molecule is CC(C)c1cccc2c1CCN(Cc1ccco1)C2. The molecule has 0 radical (unpaired) electrons. The molecule has 1 aliphatic heterocycles. The van der Waals surface area contributed by atoms with Crippen LogP contribution in [0.1, 0.15) is 42.2 Å². The maximum Gasteiger partial charge on any atom is 0.117 e. The van der Waals surface area contributed by atoms with Gasteiger partial charge in [0.25, 0.3) is 0 Å². The van der Waals surface area contributed by atoms with Crippen LogP contribution in [0.15, 0.2) is 41.0 Å². The van der Waals surface area contributed by atoms with Gasteiger partial charge in [0, 0.05) is 13.1 Å². The predicted molar refractivity (Wildman–Crippen MR) is 77.1 cm³/mol. The number of hydrogen-bond donors (Lipinski definition) is 0. The van der Waals surface area contributed by atoms with Crippen LogP contribution in [0, 0.1) is 0 Å². The third-order valence-electron chi connectivity index (χ3n) is 3.96. The maximum atomic E-state index is 5.44. The van der Waals surface area contributed by atoms with Gasteiger partial charge in [0.1, 0.15) is 5.76 Å². The van der Waals surface area contributed by atoms with Crippen molar-refractivity contribution in [1.29, 1.82) is 0 Å². The Labute approximate surface area is 115 Å². The minimum absolute atomic E-state index is 0.617. The molecule has 0 amide bonds. The average molecular weight is 255 g/mol. The molecule has 0 aliphatic carbocycles. The first-order valence-corrected chi connectivity index (χ1v) is 7.09. The van der Waals surface area contributed by atoms with Crippen LogP contribution in [0.3, 0.4) is 0 Å². The van der Waals surface area contributed by atoms with E-state index in [0.717, 1.165) is 31.8 Å². The zero-order chi connectivity index (χ0) is 13.2. The van der Waals surface area contributed by atoms with Crippen molar-refractivity contribution in [2.45, 2.75) is 39.3 Å². The van der Waals surface area contributed by atoms with Gasteiger partial charge in [-0.2, -0.15) is 0 Å². The second kappa shape index (κ2) is 5.22. The van der Waals surface area contributed by atoms with Gasteiger partial charge in [0.05, 0.1) is 12.8 Å². The van der Waals surface area contributed by atoms with Crippen LogP contribution in [0.25, 0.3) is 0 Å². The summed E-state index contributed by atoms with van der Waals surface area (Å²) in [5.74, 6) is 1.68. The lowest BCUT2D eigenvalue weighted by atomic mass is 9.89. The van der Waals surface area contributed by atoms with Crippen molar-refractivity contribution in [3.63, 3.8) is 0 Å². The molecule has 0 spiro atoms. The number of rotatable bonds is 3. The molecule has 1 aromatic heterocycles. The fourth-order valence-electron chi connectivity index (χ4n) is 3.00. The van der Waals surface area contributed by atoms with Crippen LogP contribution < -0.4 is 0 Å². The third kappa shape index (κ3) is 2.59. The Morgan fingerprint density at radius 3 is 2.84 bits per heavy atom. The number of nitrogens with zero attached hydrogens (tertiary/aromatic N) is 1. The van der Waals surface area contributed by atoms with Crippen molar-refractivity contribution in [2.24, 2.45) is 0 Å². The summed E-state index contributed by atoms with van der Waals surface area (Å²) >= 11 is 0. The summed E-state index contributed by atoms with van der Waals surface area (Å²) < 4.78 is 5.44. The lowest BCUT2D eigenvalue weighted by Gasteiger charge is -2.30. The maximum absolute atomic E-state index is 5.44. The predicted octanol–water partition coefficient (Wildman–Crippen LogP) is 3.96. The molecule has 2 heteroatoms. The monoisotopic (exact) mass is 255 g/mol. The topological polar surface area (TPSA) is 16.4 Å². The molecule has 0 saturated heterocycles. The Kier molecular flexibility index (Phi) is 3.43. The minimum Gasteiger partial charge on any atom is -0.468 e. The summed E-state index contributed by atoms with van der Waals surface area (Å²) in [4.78, 5) is 2.46. The summed E-state index contributed by atoms with van der Waals surface area (Å²) in [7, 11) is 0. The Morgan fingerprint density at radius 1 is 1.21 bits per heavy atom. The van der Waals surface area contributed by atoms with Gasteiger partial charge in [-0.05, 0) is 41.2 Å². The molecule has 0 atom stereocenters. The Morgan fingerprint density at radius 2 is 2.11 bits per heavy atom. The van der Waals surface area contributed by atoms with E-state index in [0.29, 0.717) is 5.92 Å². The van der Waals surface area contributed by atoms with Gasteiger partial charge in [0.2, 0.25) is 0 Å². The summed E-state index contributed by atoms with van der Waals surface area (Å²) in [5.41, 5.74) is 4.59. The highest BCUT2D eigenvalue weighted by Crippen LogP contribution is 2.28. The van der Waals surface area contributed by atoms with E-state index in [1.807, 2.05) is 6.07 Å². The summed E-state index contributed by atoms with van der Waals surface area (Å²) in [6.07, 6.45) is 2.91. The van der Waals surface area contributed by atoms with Gasteiger partial charge in [0.15, 0.2) is 0 Å². The zero-order valence-electron chi connectivity index (χ0n) is 11.7. The highest BCUT2D eigenvalue weighted by Gasteiger charge is 2.20. The Hall–Kier alpha value is -1.54. The number of furan rings is 1. The van der Waals surface area contributed by atoms with Crippen LogP contribution in [0.2, 0.25) is 0 Å². The Balaban J connectivity index is 1.79. The summed E-state index contributed by atoms with van der Waals surface area (Å²) in [6, 6.07) is 10.8. The van der Waals surface area contributed by atoms with Crippen molar-refractivity contribution in [3.05, 3.63) is 59.0 Å². The standard InChI is InChI=1S/C17H21NO/c1-13(2)16-7-3-5-14-11-18(9-8-17(14)16)12-15-6-4-10-19-15/h3-7,10,13H,8-9,11-12H2,1-2H3. The number of fused-ring (bicyclic) bond motifs is 1. The van der Waals surface area contributed by atoms with Crippen molar-refractivity contribution in [3.8, 4) is 0 Å². The van der Waals surface area contributed by atoms with Gasteiger partial charge in [-0.25, -0.2) is 0 Å². The highest BCUT2D eigenvalue weighted by molar-refractivity contribution is 5.38. The normalized spacial score (nSPS) is 15.7. The van der Waals surface area contributed by atoms with Gasteiger partial charge in [-0.1, -0.05) is 32.0 Å². The van der Waals surface area contributed by atoms with Crippen LogP contribution in [0.4, 0.5) is 0 Å². The second-order valence-electron chi connectivity index (χ2n) is 5.68. The Bertz CT molecular complexity index is 542. The minimum atomic E-state index is 0.617. The highest BCUT2D eigenvalue weighted by atomic mass is 16.3. The zero-order valence-corrected chi connectivity index (χ0v) is 11.7. The van der Waals surface area contributed by atoms with E-state index in [-0.39, 0.29) is 0 Å². The van der Waals surface area contributed by atoms with Crippen molar-refractivity contribution < 1.29 is 4.42 Å². The molecule has 100 valence electrons. The number of benzene rings is 1. The van der Waals surface area contributed by atoms with Gasteiger partial charge in [-0.15, -0.1) is 0 Å². The van der Waals surface area contributed by atoms with E-state index in [2.05, 4.69) is 43.0 Å². The van der Waals surface area contributed by atoms with Crippen LogP contribution >= 0.6 is 0 Å². The molecule has 1 aromatic carbocycles. The lowest BCUT2D eigenvalue weighted by Crippen LogP contribution is -2.30.